The molecule has 4 heteroatoms. The van der Waals surface area contributed by atoms with Crippen LogP contribution in [-0.2, 0) is 13.1 Å². The molecule has 1 aliphatic heterocycles. The lowest BCUT2D eigenvalue weighted by atomic mass is 10.2. The molecule has 0 unspecified atom stereocenters. The third kappa shape index (κ3) is 2.21. The van der Waals surface area contributed by atoms with Crippen molar-refractivity contribution in [1.82, 2.24) is 14.5 Å². The number of imidazole rings is 1. The molecule has 0 aromatic carbocycles. The second-order valence-electron chi connectivity index (χ2n) is 4.08. The standard InChI is InChI=1S/C11H19N3O/c1-2-13-7-5-12-11(13)8-14-6-3-4-10(14)9-15/h5,7,10,15H,2-4,6,8-9H2,1H3/t10-/m1/s1. The van der Waals surface area contributed by atoms with Crippen LogP contribution in [0.4, 0.5) is 0 Å². The molecule has 0 amide bonds. The maximum absolute atomic E-state index is 9.22. The van der Waals surface area contributed by atoms with Crippen molar-refractivity contribution in [3.05, 3.63) is 18.2 Å². The number of aromatic nitrogens is 2. The van der Waals surface area contributed by atoms with E-state index in [1.807, 2.05) is 12.4 Å². The lowest BCUT2D eigenvalue weighted by molar-refractivity contribution is 0.150. The minimum atomic E-state index is 0.271. The van der Waals surface area contributed by atoms with Crippen molar-refractivity contribution in [3.8, 4) is 0 Å². The van der Waals surface area contributed by atoms with Crippen molar-refractivity contribution in [2.45, 2.75) is 38.9 Å². The molecular formula is C11H19N3O. The van der Waals surface area contributed by atoms with Gasteiger partial charge < -0.3 is 9.67 Å². The van der Waals surface area contributed by atoms with E-state index in [-0.39, 0.29) is 6.61 Å². The number of aliphatic hydroxyl groups excluding tert-OH is 1. The van der Waals surface area contributed by atoms with Crippen LogP contribution in [0.1, 0.15) is 25.6 Å². The zero-order valence-corrected chi connectivity index (χ0v) is 9.26. The molecule has 4 nitrogen and oxygen atoms in total. The SMILES string of the molecule is CCn1ccnc1CN1CCC[C@@H]1CO. The summed E-state index contributed by atoms with van der Waals surface area (Å²) in [6.07, 6.45) is 6.17. The molecule has 84 valence electrons. The molecule has 1 aromatic heterocycles. The summed E-state index contributed by atoms with van der Waals surface area (Å²) in [6.45, 7) is 5.31. The molecule has 1 fully saturated rings. The molecule has 0 aliphatic carbocycles. The van der Waals surface area contributed by atoms with E-state index in [4.69, 9.17) is 0 Å². The fraction of sp³-hybridized carbons (Fsp3) is 0.727. The van der Waals surface area contributed by atoms with E-state index in [9.17, 15) is 5.11 Å². The molecule has 0 saturated carbocycles. The number of rotatable bonds is 4. The number of aryl methyl sites for hydroxylation is 1. The van der Waals surface area contributed by atoms with Gasteiger partial charge in [0, 0.05) is 25.0 Å². The van der Waals surface area contributed by atoms with Crippen LogP contribution in [0.3, 0.4) is 0 Å². The van der Waals surface area contributed by atoms with Gasteiger partial charge in [0.25, 0.3) is 0 Å². The summed E-state index contributed by atoms with van der Waals surface area (Å²) in [5.74, 6) is 1.11. The highest BCUT2D eigenvalue weighted by atomic mass is 16.3. The number of nitrogens with zero attached hydrogens (tertiary/aromatic N) is 3. The smallest absolute Gasteiger partial charge is 0.122 e. The summed E-state index contributed by atoms with van der Waals surface area (Å²) in [7, 11) is 0. The van der Waals surface area contributed by atoms with Gasteiger partial charge in [-0.1, -0.05) is 0 Å². The Balaban J connectivity index is 2.01. The van der Waals surface area contributed by atoms with E-state index in [2.05, 4.69) is 21.4 Å². The van der Waals surface area contributed by atoms with Gasteiger partial charge >= 0.3 is 0 Å². The summed E-state index contributed by atoms with van der Waals surface area (Å²) in [5, 5.41) is 9.22. The molecule has 1 atom stereocenters. The van der Waals surface area contributed by atoms with Crippen LogP contribution in [-0.4, -0.2) is 38.8 Å². The lowest BCUT2D eigenvalue weighted by Crippen LogP contribution is -2.32. The van der Waals surface area contributed by atoms with Crippen LogP contribution in [0.2, 0.25) is 0 Å². The summed E-state index contributed by atoms with van der Waals surface area (Å²) >= 11 is 0. The summed E-state index contributed by atoms with van der Waals surface area (Å²) in [5.41, 5.74) is 0. The summed E-state index contributed by atoms with van der Waals surface area (Å²) in [4.78, 5) is 6.69. The number of likely N-dealkylation sites (tertiary alicyclic amines) is 1. The van der Waals surface area contributed by atoms with Crippen LogP contribution >= 0.6 is 0 Å². The zero-order valence-electron chi connectivity index (χ0n) is 9.26. The van der Waals surface area contributed by atoms with Gasteiger partial charge in [-0.25, -0.2) is 4.98 Å². The molecule has 0 bridgehead atoms. The van der Waals surface area contributed by atoms with Crippen LogP contribution in [0, 0.1) is 0 Å². The predicted molar refractivity (Wildman–Crippen MR) is 58.4 cm³/mol. The Morgan fingerprint density at radius 1 is 1.60 bits per heavy atom. The van der Waals surface area contributed by atoms with Gasteiger partial charge in [0.1, 0.15) is 5.82 Å². The first-order valence-corrected chi connectivity index (χ1v) is 5.70. The minimum absolute atomic E-state index is 0.271. The summed E-state index contributed by atoms with van der Waals surface area (Å²) in [6, 6.07) is 0.340. The van der Waals surface area contributed by atoms with E-state index in [0.29, 0.717) is 6.04 Å². The largest absolute Gasteiger partial charge is 0.395 e. The van der Waals surface area contributed by atoms with E-state index in [1.54, 1.807) is 0 Å². The average molecular weight is 209 g/mol. The van der Waals surface area contributed by atoms with Gasteiger partial charge in [0.05, 0.1) is 13.2 Å². The van der Waals surface area contributed by atoms with Gasteiger partial charge in [-0.3, -0.25) is 4.90 Å². The summed E-state index contributed by atoms with van der Waals surface area (Å²) < 4.78 is 2.16. The molecule has 15 heavy (non-hydrogen) atoms. The predicted octanol–water partition coefficient (Wildman–Crippen LogP) is 0.860. The fourth-order valence-corrected chi connectivity index (χ4v) is 2.27. The van der Waals surface area contributed by atoms with Crippen LogP contribution in [0.25, 0.3) is 0 Å². The highest BCUT2D eigenvalue weighted by molar-refractivity contribution is 4.94. The Bertz CT molecular complexity index is 311. The van der Waals surface area contributed by atoms with E-state index in [1.165, 1.54) is 6.42 Å². The van der Waals surface area contributed by atoms with Gasteiger partial charge in [0.15, 0.2) is 0 Å². The molecular weight excluding hydrogens is 190 g/mol. The fourth-order valence-electron chi connectivity index (χ4n) is 2.27. The highest BCUT2D eigenvalue weighted by Gasteiger charge is 2.24. The van der Waals surface area contributed by atoms with Gasteiger partial charge in [-0.05, 0) is 26.3 Å². The normalized spacial score (nSPS) is 22.4. The van der Waals surface area contributed by atoms with Crippen LogP contribution in [0.15, 0.2) is 12.4 Å². The zero-order chi connectivity index (χ0) is 10.7. The molecule has 2 rings (SSSR count). The first kappa shape index (κ1) is 10.6. The first-order chi connectivity index (χ1) is 7.35. The third-order valence-electron chi connectivity index (χ3n) is 3.20. The Hall–Kier alpha value is -0.870. The van der Waals surface area contributed by atoms with Crippen molar-refractivity contribution >= 4 is 0 Å². The van der Waals surface area contributed by atoms with Gasteiger partial charge in [0.2, 0.25) is 0 Å². The molecule has 0 spiro atoms. The van der Waals surface area contributed by atoms with E-state index >= 15 is 0 Å². The van der Waals surface area contributed by atoms with Crippen molar-refractivity contribution in [2.24, 2.45) is 0 Å². The average Bonchev–Trinajstić information content (AvgIpc) is 2.87. The maximum atomic E-state index is 9.22. The van der Waals surface area contributed by atoms with E-state index in [0.717, 1.165) is 31.9 Å². The molecule has 0 radical (unpaired) electrons. The van der Waals surface area contributed by atoms with Crippen LogP contribution in [0.5, 0.6) is 0 Å². The number of hydrogen-bond acceptors (Lipinski definition) is 3. The number of hydrogen-bond donors (Lipinski definition) is 1. The molecule has 2 heterocycles. The van der Waals surface area contributed by atoms with Crippen molar-refractivity contribution in [1.29, 1.82) is 0 Å². The van der Waals surface area contributed by atoms with E-state index < -0.39 is 0 Å². The maximum Gasteiger partial charge on any atom is 0.122 e. The lowest BCUT2D eigenvalue weighted by Gasteiger charge is -2.22. The Kier molecular flexibility index (Phi) is 3.38. The monoisotopic (exact) mass is 209 g/mol. The van der Waals surface area contributed by atoms with Gasteiger partial charge in [-0.15, -0.1) is 0 Å². The molecule has 1 N–H and O–H groups in total. The molecule has 1 aliphatic rings. The Morgan fingerprint density at radius 3 is 3.20 bits per heavy atom. The molecule has 1 saturated heterocycles. The second kappa shape index (κ2) is 4.77. The number of aliphatic hydroxyl groups is 1. The van der Waals surface area contributed by atoms with Crippen molar-refractivity contribution in [3.63, 3.8) is 0 Å². The minimum Gasteiger partial charge on any atom is -0.395 e. The van der Waals surface area contributed by atoms with Crippen molar-refractivity contribution in [2.75, 3.05) is 13.2 Å². The third-order valence-corrected chi connectivity index (χ3v) is 3.20. The molecule has 1 aromatic rings. The quantitative estimate of drug-likeness (QED) is 0.799. The van der Waals surface area contributed by atoms with Crippen LogP contribution < -0.4 is 0 Å². The Labute approximate surface area is 90.5 Å². The van der Waals surface area contributed by atoms with Gasteiger partial charge in [-0.2, -0.15) is 0 Å². The topological polar surface area (TPSA) is 41.3 Å². The first-order valence-electron chi connectivity index (χ1n) is 5.70. The van der Waals surface area contributed by atoms with Crippen molar-refractivity contribution < 1.29 is 5.11 Å². The highest BCUT2D eigenvalue weighted by Crippen LogP contribution is 2.18. The Morgan fingerprint density at radius 2 is 2.47 bits per heavy atom. The second-order valence-corrected chi connectivity index (χ2v) is 4.08.